The molecule has 6 heteroatoms. The van der Waals surface area contributed by atoms with E-state index >= 15 is 0 Å². The molecular formula is C15H20N2O3S. The second-order valence-corrected chi connectivity index (χ2v) is 7.81. The van der Waals surface area contributed by atoms with E-state index in [1.165, 1.54) is 10.6 Å². The fraction of sp³-hybridized carbons (Fsp3) is 0.533. The van der Waals surface area contributed by atoms with Crippen molar-refractivity contribution in [3.8, 4) is 0 Å². The van der Waals surface area contributed by atoms with Crippen molar-refractivity contribution in [1.29, 1.82) is 0 Å². The monoisotopic (exact) mass is 308 g/mol. The molecule has 114 valence electrons. The number of nitrogens with zero attached hydrogens (tertiary/aromatic N) is 2. The van der Waals surface area contributed by atoms with Crippen LogP contribution in [0, 0.1) is 5.92 Å². The minimum atomic E-state index is -3.30. The zero-order chi connectivity index (χ0) is 15.0. The molecule has 21 heavy (non-hydrogen) atoms. The third kappa shape index (κ3) is 3.20. The van der Waals surface area contributed by atoms with E-state index in [1.807, 2.05) is 18.2 Å². The quantitative estimate of drug-likeness (QED) is 0.836. The Kier molecular flexibility index (Phi) is 3.65. The zero-order valence-electron chi connectivity index (χ0n) is 12.2. The van der Waals surface area contributed by atoms with E-state index in [1.54, 1.807) is 11.0 Å². The van der Waals surface area contributed by atoms with Gasteiger partial charge in [-0.05, 0) is 43.4 Å². The molecule has 3 rings (SSSR count). The molecular weight excluding hydrogens is 288 g/mol. The molecule has 1 aromatic rings. The van der Waals surface area contributed by atoms with Crippen molar-refractivity contribution < 1.29 is 13.2 Å². The van der Waals surface area contributed by atoms with Gasteiger partial charge in [0.2, 0.25) is 15.9 Å². The predicted octanol–water partition coefficient (Wildman–Crippen LogP) is 1.99. The van der Waals surface area contributed by atoms with Gasteiger partial charge in [0.25, 0.3) is 0 Å². The highest BCUT2D eigenvalue weighted by Crippen LogP contribution is 2.34. The van der Waals surface area contributed by atoms with Crippen LogP contribution in [0.25, 0.3) is 0 Å². The van der Waals surface area contributed by atoms with E-state index < -0.39 is 10.0 Å². The van der Waals surface area contributed by atoms with Gasteiger partial charge in [0.1, 0.15) is 0 Å². The molecule has 1 heterocycles. The second kappa shape index (κ2) is 5.33. The maximum absolute atomic E-state index is 12.0. The Morgan fingerprint density at radius 1 is 1.33 bits per heavy atom. The Bertz CT molecular complexity index is 653. The molecule has 0 aromatic heterocycles. The average Bonchev–Trinajstić information content (AvgIpc) is 3.15. The van der Waals surface area contributed by atoms with E-state index in [0.29, 0.717) is 31.1 Å². The summed E-state index contributed by atoms with van der Waals surface area (Å²) in [5.41, 5.74) is 1.45. The van der Waals surface area contributed by atoms with Gasteiger partial charge in [-0.2, -0.15) is 0 Å². The minimum absolute atomic E-state index is 0.111. The normalized spacial score (nSPS) is 19.1. The molecule has 0 N–H and O–H groups in total. The Hall–Kier alpha value is -1.56. The Balaban J connectivity index is 1.91. The molecule has 5 nitrogen and oxygen atoms in total. The summed E-state index contributed by atoms with van der Waals surface area (Å²) in [6.45, 7) is 1.25. The maximum atomic E-state index is 12.0. The van der Waals surface area contributed by atoms with Crippen LogP contribution in [0.5, 0.6) is 0 Å². The summed E-state index contributed by atoms with van der Waals surface area (Å²) in [7, 11) is -3.30. The molecule has 1 aliphatic carbocycles. The molecule has 1 amide bonds. The fourth-order valence-corrected chi connectivity index (χ4v) is 3.68. The summed E-state index contributed by atoms with van der Waals surface area (Å²) in [6, 6.07) is 7.30. The lowest BCUT2D eigenvalue weighted by molar-refractivity contribution is -0.117. The van der Waals surface area contributed by atoms with Crippen molar-refractivity contribution in [2.45, 2.75) is 25.7 Å². The van der Waals surface area contributed by atoms with E-state index in [0.717, 1.165) is 24.9 Å². The summed E-state index contributed by atoms with van der Waals surface area (Å²) in [5.74, 6) is 0.581. The van der Waals surface area contributed by atoms with Crippen LogP contribution >= 0.6 is 0 Å². The number of amides is 1. The molecule has 0 spiro atoms. The standard InChI is InChI=1S/C15H20N2O3S/c1-21(19,20)17(11-12-7-8-12)14-5-2-4-13(10-14)16-9-3-6-15(16)18/h2,4-5,10,12H,3,6-9,11H2,1H3. The lowest BCUT2D eigenvalue weighted by Gasteiger charge is -2.24. The van der Waals surface area contributed by atoms with Crippen molar-refractivity contribution in [2.24, 2.45) is 5.92 Å². The molecule has 1 aliphatic heterocycles. The Morgan fingerprint density at radius 2 is 2.10 bits per heavy atom. The van der Waals surface area contributed by atoms with Gasteiger partial charge in [0.05, 0.1) is 11.9 Å². The van der Waals surface area contributed by atoms with Gasteiger partial charge in [0, 0.05) is 25.2 Å². The lowest BCUT2D eigenvalue weighted by atomic mass is 10.2. The first-order valence-corrected chi connectivity index (χ1v) is 9.18. The van der Waals surface area contributed by atoms with Crippen LogP contribution in [0.4, 0.5) is 11.4 Å². The van der Waals surface area contributed by atoms with Crippen molar-refractivity contribution >= 4 is 27.3 Å². The third-order valence-corrected chi connectivity index (χ3v) is 5.18. The molecule has 0 unspecified atom stereocenters. The molecule has 0 bridgehead atoms. The fourth-order valence-electron chi connectivity index (χ4n) is 2.70. The van der Waals surface area contributed by atoms with E-state index in [-0.39, 0.29) is 5.91 Å². The van der Waals surface area contributed by atoms with Crippen LogP contribution in [-0.4, -0.2) is 33.7 Å². The molecule has 2 aliphatic rings. The summed E-state index contributed by atoms with van der Waals surface area (Å²) in [4.78, 5) is 13.6. The summed E-state index contributed by atoms with van der Waals surface area (Å²) >= 11 is 0. The number of carbonyl (C=O) groups is 1. The molecule has 0 radical (unpaired) electrons. The highest BCUT2D eigenvalue weighted by atomic mass is 32.2. The largest absolute Gasteiger partial charge is 0.312 e. The number of rotatable bonds is 5. The van der Waals surface area contributed by atoms with Crippen LogP contribution < -0.4 is 9.21 Å². The first kappa shape index (κ1) is 14.4. The number of anilines is 2. The number of benzene rings is 1. The van der Waals surface area contributed by atoms with E-state index in [2.05, 4.69) is 0 Å². The molecule has 1 saturated heterocycles. The zero-order valence-corrected chi connectivity index (χ0v) is 13.0. The average molecular weight is 308 g/mol. The van der Waals surface area contributed by atoms with Crippen LogP contribution in [0.3, 0.4) is 0 Å². The Morgan fingerprint density at radius 3 is 2.67 bits per heavy atom. The van der Waals surface area contributed by atoms with Crippen molar-refractivity contribution in [3.05, 3.63) is 24.3 Å². The second-order valence-electron chi connectivity index (χ2n) is 5.91. The van der Waals surface area contributed by atoms with Crippen molar-refractivity contribution in [3.63, 3.8) is 0 Å². The highest BCUT2D eigenvalue weighted by molar-refractivity contribution is 7.92. The number of hydrogen-bond acceptors (Lipinski definition) is 3. The molecule has 0 atom stereocenters. The van der Waals surface area contributed by atoms with Crippen molar-refractivity contribution in [1.82, 2.24) is 0 Å². The highest BCUT2D eigenvalue weighted by Gasteiger charge is 2.29. The van der Waals surface area contributed by atoms with Gasteiger partial charge in [-0.25, -0.2) is 8.42 Å². The van der Waals surface area contributed by atoms with Gasteiger partial charge in [-0.15, -0.1) is 0 Å². The Labute approximate surface area is 125 Å². The topological polar surface area (TPSA) is 57.7 Å². The van der Waals surface area contributed by atoms with Gasteiger partial charge in [-0.3, -0.25) is 9.10 Å². The third-order valence-electron chi connectivity index (χ3n) is 4.02. The SMILES string of the molecule is CS(=O)(=O)N(CC1CC1)c1cccc(N2CCCC2=O)c1. The number of carbonyl (C=O) groups excluding carboxylic acids is 1. The van der Waals surface area contributed by atoms with Gasteiger partial charge in [0.15, 0.2) is 0 Å². The molecule has 1 saturated carbocycles. The lowest BCUT2D eigenvalue weighted by Crippen LogP contribution is -2.32. The summed E-state index contributed by atoms with van der Waals surface area (Å²) < 4.78 is 25.5. The van der Waals surface area contributed by atoms with E-state index in [9.17, 15) is 13.2 Å². The maximum Gasteiger partial charge on any atom is 0.232 e. The first-order valence-electron chi connectivity index (χ1n) is 7.33. The van der Waals surface area contributed by atoms with Crippen molar-refractivity contribution in [2.75, 3.05) is 28.6 Å². The van der Waals surface area contributed by atoms with Crippen LogP contribution in [0.15, 0.2) is 24.3 Å². The first-order chi connectivity index (χ1) is 9.95. The van der Waals surface area contributed by atoms with Gasteiger partial charge < -0.3 is 4.90 Å². The van der Waals surface area contributed by atoms with Crippen LogP contribution in [0.2, 0.25) is 0 Å². The summed E-state index contributed by atoms with van der Waals surface area (Å²) in [5, 5.41) is 0. The van der Waals surface area contributed by atoms with Gasteiger partial charge in [-0.1, -0.05) is 6.07 Å². The summed E-state index contributed by atoms with van der Waals surface area (Å²) in [6.07, 6.45) is 4.86. The van der Waals surface area contributed by atoms with E-state index in [4.69, 9.17) is 0 Å². The van der Waals surface area contributed by atoms with Crippen LogP contribution in [0.1, 0.15) is 25.7 Å². The molecule has 2 fully saturated rings. The number of sulfonamides is 1. The molecule has 1 aromatic carbocycles. The van der Waals surface area contributed by atoms with Gasteiger partial charge >= 0.3 is 0 Å². The minimum Gasteiger partial charge on any atom is -0.312 e. The predicted molar refractivity (Wildman–Crippen MR) is 82.9 cm³/mol. The van der Waals surface area contributed by atoms with Crippen LogP contribution in [-0.2, 0) is 14.8 Å². The number of hydrogen-bond donors (Lipinski definition) is 0. The smallest absolute Gasteiger partial charge is 0.232 e.